The summed E-state index contributed by atoms with van der Waals surface area (Å²) in [6.45, 7) is 8.71. The fraction of sp³-hybridized carbons (Fsp3) is 0.438. The number of furan rings is 1. The average Bonchev–Trinajstić information content (AvgIpc) is 2.81. The van der Waals surface area contributed by atoms with Crippen LogP contribution in [0.4, 0.5) is 0 Å². The first kappa shape index (κ1) is 13.8. The molecule has 0 unspecified atom stereocenters. The predicted molar refractivity (Wildman–Crippen MR) is 77.5 cm³/mol. The van der Waals surface area contributed by atoms with Crippen LogP contribution in [-0.4, -0.2) is 30.3 Å². The third-order valence-corrected chi connectivity index (χ3v) is 3.22. The van der Waals surface area contributed by atoms with Gasteiger partial charge in [-0.25, -0.2) is 0 Å². The smallest absolute Gasteiger partial charge is 0.180 e. The summed E-state index contributed by atoms with van der Waals surface area (Å²) in [6, 6.07) is 7.67. The molecule has 0 saturated carbocycles. The van der Waals surface area contributed by atoms with Crippen molar-refractivity contribution in [2.24, 2.45) is 5.92 Å². The number of carbonyl (C=O) groups excluding carboxylic acids is 1. The molecule has 0 aliphatic carbocycles. The topological polar surface area (TPSA) is 33.5 Å². The van der Waals surface area contributed by atoms with Gasteiger partial charge in [0.1, 0.15) is 11.8 Å². The van der Waals surface area contributed by atoms with Crippen LogP contribution in [0.5, 0.6) is 0 Å². The van der Waals surface area contributed by atoms with E-state index in [1.165, 1.54) is 0 Å². The van der Waals surface area contributed by atoms with E-state index in [2.05, 4.69) is 25.7 Å². The minimum absolute atomic E-state index is 0.132. The fourth-order valence-corrected chi connectivity index (χ4v) is 2.30. The molecule has 2 aromatic rings. The molecule has 0 spiro atoms. The van der Waals surface area contributed by atoms with Gasteiger partial charge in [-0.2, -0.15) is 0 Å². The Morgan fingerprint density at radius 1 is 1.32 bits per heavy atom. The zero-order valence-electron chi connectivity index (χ0n) is 11.8. The Morgan fingerprint density at radius 2 is 2.05 bits per heavy atom. The predicted octanol–water partition coefficient (Wildman–Crippen LogP) is 3.59. The molecule has 102 valence electrons. The molecule has 0 N–H and O–H groups in total. The number of benzene rings is 1. The van der Waals surface area contributed by atoms with E-state index < -0.39 is 0 Å². The minimum atomic E-state index is 0.132. The van der Waals surface area contributed by atoms with Crippen molar-refractivity contribution in [1.82, 2.24) is 4.90 Å². The number of hydrogen-bond donors (Lipinski definition) is 0. The van der Waals surface area contributed by atoms with Crippen LogP contribution in [0, 0.1) is 5.92 Å². The van der Waals surface area contributed by atoms with Gasteiger partial charge in [0.25, 0.3) is 0 Å². The molecule has 0 amide bonds. The van der Waals surface area contributed by atoms with E-state index in [9.17, 15) is 4.79 Å². The molecule has 3 heteroatoms. The van der Waals surface area contributed by atoms with E-state index in [1.807, 2.05) is 24.3 Å². The highest BCUT2D eigenvalue weighted by Gasteiger charge is 2.16. The summed E-state index contributed by atoms with van der Waals surface area (Å²) in [6.07, 6.45) is 1.58. The first-order valence-electron chi connectivity index (χ1n) is 6.83. The number of hydrogen-bond acceptors (Lipinski definition) is 3. The molecule has 0 saturated heterocycles. The van der Waals surface area contributed by atoms with Crippen LogP contribution in [0.15, 0.2) is 34.9 Å². The van der Waals surface area contributed by atoms with Crippen molar-refractivity contribution in [2.75, 3.05) is 19.6 Å². The molecule has 2 rings (SSSR count). The Bertz CT molecular complexity index is 557. The van der Waals surface area contributed by atoms with Crippen molar-refractivity contribution >= 4 is 16.8 Å². The zero-order chi connectivity index (χ0) is 13.8. The molecule has 1 aromatic heterocycles. The van der Waals surface area contributed by atoms with Gasteiger partial charge in [0.15, 0.2) is 5.78 Å². The van der Waals surface area contributed by atoms with Gasteiger partial charge in [0.05, 0.1) is 12.1 Å². The van der Waals surface area contributed by atoms with E-state index >= 15 is 0 Å². The largest absolute Gasteiger partial charge is 0.464 e. The van der Waals surface area contributed by atoms with Crippen LogP contribution in [0.2, 0.25) is 0 Å². The second-order valence-corrected chi connectivity index (χ2v) is 5.29. The van der Waals surface area contributed by atoms with Crippen molar-refractivity contribution in [3.63, 3.8) is 0 Å². The molecule has 1 aromatic carbocycles. The fourth-order valence-electron chi connectivity index (χ4n) is 2.30. The molecule has 1 heterocycles. The number of Topliss-reactive ketones (excluding diaryl/α,β-unsaturated/α-hetero) is 1. The molecule has 0 aliphatic rings. The van der Waals surface area contributed by atoms with Gasteiger partial charge in [0, 0.05) is 11.9 Å². The molecular formula is C16H21NO2. The number of carbonyl (C=O) groups is 1. The zero-order valence-corrected chi connectivity index (χ0v) is 11.8. The lowest BCUT2D eigenvalue weighted by atomic mass is 10.1. The van der Waals surface area contributed by atoms with Crippen LogP contribution in [0.25, 0.3) is 11.0 Å². The normalized spacial score (nSPS) is 11.6. The molecule has 19 heavy (non-hydrogen) atoms. The third-order valence-electron chi connectivity index (χ3n) is 3.22. The van der Waals surface area contributed by atoms with Crippen LogP contribution in [0.1, 0.15) is 31.1 Å². The number of rotatable bonds is 6. The number of nitrogens with zero attached hydrogens (tertiary/aromatic N) is 1. The van der Waals surface area contributed by atoms with Gasteiger partial charge < -0.3 is 4.42 Å². The van der Waals surface area contributed by atoms with Crippen LogP contribution in [0.3, 0.4) is 0 Å². The highest BCUT2D eigenvalue weighted by molar-refractivity contribution is 6.08. The van der Waals surface area contributed by atoms with Crippen molar-refractivity contribution in [3.8, 4) is 0 Å². The molecule has 0 radical (unpaired) electrons. The van der Waals surface area contributed by atoms with Crippen molar-refractivity contribution in [2.45, 2.75) is 20.8 Å². The summed E-state index contributed by atoms with van der Waals surface area (Å²) in [5, 5.41) is 0.910. The molecule has 0 bridgehead atoms. The van der Waals surface area contributed by atoms with Gasteiger partial charge in [0.2, 0.25) is 0 Å². The summed E-state index contributed by atoms with van der Waals surface area (Å²) in [7, 11) is 0. The Hall–Kier alpha value is -1.61. The van der Waals surface area contributed by atoms with E-state index in [0.29, 0.717) is 18.0 Å². The summed E-state index contributed by atoms with van der Waals surface area (Å²) in [4.78, 5) is 14.5. The molecular weight excluding hydrogens is 238 g/mol. The average molecular weight is 259 g/mol. The molecule has 3 nitrogen and oxygen atoms in total. The maximum Gasteiger partial charge on any atom is 0.180 e. The van der Waals surface area contributed by atoms with E-state index in [4.69, 9.17) is 4.42 Å². The quantitative estimate of drug-likeness (QED) is 0.743. The molecule has 0 fully saturated rings. The van der Waals surface area contributed by atoms with E-state index in [-0.39, 0.29) is 5.78 Å². The lowest BCUT2D eigenvalue weighted by Crippen LogP contribution is -2.32. The summed E-state index contributed by atoms with van der Waals surface area (Å²) < 4.78 is 5.43. The number of fused-ring (bicyclic) bond motifs is 1. The van der Waals surface area contributed by atoms with Crippen LogP contribution < -0.4 is 0 Å². The van der Waals surface area contributed by atoms with Crippen molar-refractivity contribution in [3.05, 3.63) is 36.1 Å². The lowest BCUT2D eigenvalue weighted by molar-refractivity contribution is 0.0927. The van der Waals surface area contributed by atoms with Gasteiger partial charge in [-0.3, -0.25) is 9.69 Å². The van der Waals surface area contributed by atoms with Crippen molar-refractivity contribution in [1.29, 1.82) is 0 Å². The third kappa shape index (κ3) is 3.24. The Kier molecular flexibility index (Phi) is 4.38. The Morgan fingerprint density at radius 3 is 2.74 bits per heavy atom. The SMILES string of the molecule is CCN(CC(=O)c1coc2ccccc12)CC(C)C. The van der Waals surface area contributed by atoms with Gasteiger partial charge in [-0.05, 0) is 18.5 Å². The lowest BCUT2D eigenvalue weighted by Gasteiger charge is -2.21. The minimum Gasteiger partial charge on any atom is -0.464 e. The van der Waals surface area contributed by atoms with E-state index in [0.717, 1.165) is 24.1 Å². The monoisotopic (exact) mass is 259 g/mol. The molecule has 0 aliphatic heterocycles. The summed E-state index contributed by atoms with van der Waals surface area (Å²) in [5.41, 5.74) is 1.47. The van der Waals surface area contributed by atoms with Crippen LogP contribution >= 0.6 is 0 Å². The van der Waals surface area contributed by atoms with Gasteiger partial charge >= 0.3 is 0 Å². The van der Waals surface area contributed by atoms with Gasteiger partial charge in [-0.1, -0.05) is 39.0 Å². The summed E-state index contributed by atoms with van der Waals surface area (Å²) >= 11 is 0. The maximum absolute atomic E-state index is 12.4. The first-order chi connectivity index (χ1) is 9.11. The highest BCUT2D eigenvalue weighted by Crippen LogP contribution is 2.21. The number of likely N-dealkylation sites (N-methyl/N-ethyl adjacent to an activating group) is 1. The standard InChI is InChI=1S/C16H21NO2/c1-4-17(9-12(2)3)10-15(18)14-11-19-16-8-6-5-7-13(14)16/h5-8,11-12H,4,9-10H2,1-3H3. The van der Waals surface area contributed by atoms with E-state index in [1.54, 1.807) is 6.26 Å². The first-order valence-corrected chi connectivity index (χ1v) is 6.83. The Labute approximate surface area is 114 Å². The highest BCUT2D eigenvalue weighted by atomic mass is 16.3. The Balaban J connectivity index is 2.15. The number of para-hydroxylation sites is 1. The van der Waals surface area contributed by atoms with Crippen molar-refractivity contribution < 1.29 is 9.21 Å². The second kappa shape index (κ2) is 6.02. The molecule has 0 atom stereocenters. The van der Waals surface area contributed by atoms with Crippen LogP contribution in [-0.2, 0) is 0 Å². The number of ketones is 1. The maximum atomic E-state index is 12.4. The second-order valence-electron chi connectivity index (χ2n) is 5.29. The van der Waals surface area contributed by atoms with Gasteiger partial charge in [-0.15, -0.1) is 0 Å². The summed E-state index contributed by atoms with van der Waals surface area (Å²) in [5.74, 6) is 0.696.